The molecule has 9 nitrogen and oxygen atoms in total. The second-order valence-electron chi connectivity index (χ2n) is 7.39. The summed E-state index contributed by atoms with van der Waals surface area (Å²) in [7, 11) is 0. The van der Waals surface area contributed by atoms with Crippen LogP contribution in [-0.2, 0) is 9.53 Å². The maximum atomic E-state index is 12.2. The number of carbonyl (C=O) groups excluding carboxylic acids is 2. The Morgan fingerprint density at radius 3 is 2.78 bits per heavy atom. The lowest BCUT2D eigenvalue weighted by Crippen LogP contribution is -2.33. The van der Waals surface area contributed by atoms with Crippen molar-refractivity contribution in [2.75, 3.05) is 31.1 Å². The van der Waals surface area contributed by atoms with Gasteiger partial charge in [0.25, 0.3) is 0 Å². The summed E-state index contributed by atoms with van der Waals surface area (Å²) >= 11 is 1.33. The van der Waals surface area contributed by atoms with Gasteiger partial charge in [-0.1, -0.05) is 30.0 Å². The topological polar surface area (TPSA) is 111 Å². The molecule has 1 N–H and O–H groups in total. The van der Waals surface area contributed by atoms with Gasteiger partial charge in [-0.3, -0.25) is 14.6 Å². The zero-order valence-corrected chi connectivity index (χ0v) is 18.3. The third-order valence-electron chi connectivity index (χ3n) is 5.15. The van der Waals surface area contributed by atoms with Gasteiger partial charge >= 0.3 is 6.09 Å². The van der Waals surface area contributed by atoms with Crippen molar-refractivity contribution in [2.24, 2.45) is 0 Å². The van der Waals surface area contributed by atoms with E-state index in [4.69, 9.17) is 4.74 Å². The molecule has 2 aliphatic heterocycles. The molecule has 2 atom stereocenters. The highest BCUT2D eigenvalue weighted by atomic mass is 32.2. The molecule has 0 aliphatic carbocycles. The van der Waals surface area contributed by atoms with Crippen molar-refractivity contribution in [3.8, 4) is 6.07 Å². The van der Waals surface area contributed by atoms with Crippen LogP contribution < -0.4 is 10.2 Å². The summed E-state index contributed by atoms with van der Waals surface area (Å²) < 4.78 is 5.32. The van der Waals surface area contributed by atoms with Crippen LogP contribution in [0.5, 0.6) is 0 Å². The molecule has 2 amide bonds. The van der Waals surface area contributed by atoms with E-state index < -0.39 is 6.09 Å². The summed E-state index contributed by atoms with van der Waals surface area (Å²) in [5.41, 5.74) is 2.90. The third-order valence-corrected chi connectivity index (χ3v) is 6.20. The van der Waals surface area contributed by atoms with Gasteiger partial charge in [-0.05, 0) is 29.3 Å². The van der Waals surface area contributed by atoms with Gasteiger partial charge in [0, 0.05) is 38.1 Å². The van der Waals surface area contributed by atoms with Gasteiger partial charge in [-0.15, -0.1) is 0 Å². The van der Waals surface area contributed by atoms with Crippen LogP contribution in [0, 0.1) is 11.3 Å². The summed E-state index contributed by atoms with van der Waals surface area (Å²) in [4.78, 5) is 35.3. The Balaban J connectivity index is 1.36. The number of cyclic esters (lactones) is 1. The van der Waals surface area contributed by atoms with E-state index in [1.54, 1.807) is 23.4 Å². The van der Waals surface area contributed by atoms with Crippen LogP contribution in [0.4, 0.5) is 10.5 Å². The summed E-state index contributed by atoms with van der Waals surface area (Å²) in [5.74, 6) is -0.156. The first kappa shape index (κ1) is 21.8. The Bertz CT molecular complexity index is 1050. The van der Waals surface area contributed by atoms with E-state index in [9.17, 15) is 14.9 Å². The Morgan fingerprint density at radius 2 is 2.09 bits per heavy atom. The molecule has 2 aliphatic rings. The van der Waals surface area contributed by atoms with Crippen LogP contribution in [0.3, 0.4) is 0 Å². The van der Waals surface area contributed by atoms with Crippen molar-refractivity contribution < 1.29 is 14.3 Å². The molecule has 1 aromatic carbocycles. The van der Waals surface area contributed by atoms with Crippen LogP contribution in [0.2, 0.25) is 0 Å². The third kappa shape index (κ3) is 5.07. The molecule has 0 saturated carbocycles. The summed E-state index contributed by atoms with van der Waals surface area (Å²) in [6, 6.07) is 11.8. The molecule has 2 aromatic rings. The van der Waals surface area contributed by atoms with E-state index in [0.29, 0.717) is 31.3 Å². The SMILES string of the molecule is CC(=O)NC[C@H]1CN(c2ccc(C3=CCN([C@H](C#N)Sc4ncccn4)C3)cc2)C(=O)O1. The highest BCUT2D eigenvalue weighted by Gasteiger charge is 2.32. The monoisotopic (exact) mass is 450 g/mol. The Labute approximate surface area is 190 Å². The fourth-order valence-corrected chi connectivity index (χ4v) is 4.35. The highest BCUT2D eigenvalue weighted by molar-refractivity contribution is 7.99. The van der Waals surface area contributed by atoms with E-state index in [1.807, 2.05) is 24.3 Å². The molecule has 164 valence electrons. The number of hydrogen-bond acceptors (Lipinski definition) is 8. The first-order valence-corrected chi connectivity index (χ1v) is 11.0. The van der Waals surface area contributed by atoms with E-state index >= 15 is 0 Å². The summed E-state index contributed by atoms with van der Waals surface area (Å²) in [5, 5.41) is 12.5. The smallest absolute Gasteiger partial charge is 0.414 e. The van der Waals surface area contributed by atoms with Crippen molar-refractivity contribution in [1.82, 2.24) is 20.2 Å². The van der Waals surface area contributed by atoms with Crippen molar-refractivity contribution in [1.29, 1.82) is 5.26 Å². The Morgan fingerprint density at radius 1 is 1.34 bits per heavy atom. The summed E-state index contributed by atoms with van der Waals surface area (Å²) in [6.07, 6.45) is 4.65. The maximum absolute atomic E-state index is 12.2. The van der Waals surface area contributed by atoms with Gasteiger partial charge in [0.05, 0.1) is 19.2 Å². The molecule has 0 radical (unpaired) electrons. The largest absolute Gasteiger partial charge is 0.442 e. The predicted molar refractivity (Wildman–Crippen MR) is 120 cm³/mol. The van der Waals surface area contributed by atoms with Crippen LogP contribution in [0.1, 0.15) is 12.5 Å². The average Bonchev–Trinajstić information content (AvgIpc) is 3.44. The van der Waals surface area contributed by atoms with Gasteiger partial charge < -0.3 is 10.1 Å². The number of rotatable bonds is 7. The second-order valence-corrected chi connectivity index (χ2v) is 8.44. The lowest BCUT2D eigenvalue weighted by atomic mass is 10.1. The van der Waals surface area contributed by atoms with E-state index in [1.165, 1.54) is 18.7 Å². The number of aromatic nitrogens is 2. The number of ether oxygens (including phenoxy) is 1. The lowest BCUT2D eigenvalue weighted by molar-refractivity contribution is -0.119. The predicted octanol–water partition coefficient (Wildman–Crippen LogP) is 2.28. The summed E-state index contributed by atoms with van der Waals surface area (Å²) in [6.45, 7) is 3.42. The molecule has 1 saturated heterocycles. The number of benzene rings is 1. The van der Waals surface area contributed by atoms with E-state index in [2.05, 4.69) is 32.3 Å². The van der Waals surface area contributed by atoms with Crippen LogP contribution in [0.25, 0.3) is 5.57 Å². The van der Waals surface area contributed by atoms with Crippen molar-refractivity contribution in [3.63, 3.8) is 0 Å². The molecule has 3 heterocycles. The quantitative estimate of drug-likeness (QED) is 0.505. The maximum Gasteiger partial charge on any atom is 0.414 e. The highest BCUT2D eigenvalue weighted by Crippen LogP contribution is 2.30. The molecule has 0 bridgehead atoms. The standard InChI is InChI=1S/C22H22N6O3S/c1-15(29)26-12-19-14-28(22(30)31-19)18-5-3-16(4-6-18)17-7-10-27(13-17)20(11-23)32-21-24-8-2-9-25-21/h2-9,19-20H,10,12-14H2,1H3,(H,26,29)/t19-,20-/m0/s1. The van der Waals surface area contributed by atoms with Gasteiger partial charge in [0.2, 0.25) is 5.91 Å². The van der Waals surface area contributed by atoms with Gasteiger partial charge in [-0.25, -0.2) is 14.8 Å². The number of nitrogens with zero attached hydrogens (tertiary/aromatic N) is 5. The molecule has 1 aromatic heterocycles. The molecule has 1 fully saturated rings. The van der Waals surface area contributed by atoms with Crippen molar-refractivity contribution >= 4 is 35.0 Å². The zero-order chi connectivity index (χ0) is 22.5. The number of nitriles is 1. The molecule has 4 rings (SSSR count). The number of thioether (sulfide) groups is 1. The fourth-order valence-electron chi connectivity index (χ4n) is 3.54. The van der Waals surface area contributed by atoms with Gasteiger partial charge in [0.15, 0.2) is 10.5 Å². The van der Waals surface area contributed by atoms with E-state index in [0.717, 1.165) is 16.8 Å². The van der Waals surface area contributed by atoms with E-state index in [-0.39, 0.29) is 17.4 Å². The minimum absolute atomic E-state index is 0.156. The first-order valence-electron chi connectivity index (χ1n) is 10.1. The Hall–Kier alpha value is -3.42. The minimum Gasteiger partial charge on any atom is -0.442 e. The number of hydrogen-bond donors (Lipinski definition) is 1. The zero-order valence-electron chi connectivity index (χ0n) is 17.5. The van der Waals surface area contributed by atoms with Crippen molar-refractivity contribution in [2.45, 2.75) is 23.6 Å². The van der Waals surface area contributed by atoms with Crippen molar-refractivity contribution in [3.05, 3.63) is 54.4 Å². The molecule has 0 unspecified atom stereocenters. The number of amides is 2. The van der Waals surface area contributed by atoms with Crippen LogP contribution in [-0.4, -0.2) is 64.5 Å². The Kier molecular flexibility index (Phi) is 6.68. The minimum atomic E-state index is -0.420. The fraction of sp³-hybridized carbons (Fsp3) is 0.318. The average molecular weight is 451 g/mol. The molecule has 0 spiro atoms. The number of carbonyl (C=O) groups is 2. The second kappa shape index (κ2) is 9.80. The molecular weight excluding hydrogens is 428 g/mol. The van der Waals surface area contributed by atoms with Gasteiger partial charge in [0.1, 0.15) is 6.10 Å². The van der Waals surface area contributed by atoms with Crippen LogP contribution >= 0.6 is 11.8 Å². The lowest BCUT2D eigenvalue weighted by Gasteiger charge is -2.20. The number of nitrogens with one attached hydrogen (secondary N) is 1. The first-order chi connectivity index (χ1) is 15.5. The van der Waals surface area contributed by atoms with Gasteiger partial charge in [-0.2, -0.15) is 5.26 Å². The molecule has 10 heteroatoms. The normalized spacial score (nSPS) is 19.2. The van der Waals surface area contributed by atoms with Crippen LogP contribution in [0.15, 0.2) is 54.0 Å². The number of anilines is 1. The molecular formula is C22H22N6O3S. The molecule has 32 heavy (non-hydrogen) atoms.